The molecule has 0 saturated heterocycles. The van der Waals surface area contributed by atoms with Gasteiger partial charge in [-0.25, -0.2) is 0 Å². The van der Waals surface area contributed by atoms with Crippen LogP contribution in [0.15, 0.2) is 97.1 Å². The SMILES string of the molecule is CC(=O)OCC(O)COc1ccc(C2(c3ccc(OCC(O)COC(C)=O)cc3)c3ccccc3-c3ccccc32)cc1. The molecule has 2 N–H and O–H groups in total. The minimum Gasteiger partial charge on any atom is -0.491 e. The maximum atomic E-state index is 11.0. The summed E-state index contributed by atoms with van der Waals surface area (Å²) in [5, 5.41) is 20.2. The largest absolute Gasteiger partial charge is 0.491 e. The monoisotopic (exact) mass is 582 g/mol. The lowest BCUT2D eigenvalue weighted by atomic mass is 9.68. The molecule has 0 radical (unpaired) electrons. The molecule has 4 aromatic rings. The van der Waals surface area contributed by atoms with Crippen molar-refractivity contribution < 1.29 is 38.7 Å². The van der Waals surface area contributed by atoms with Gasteiger partial charge in [-0.15, -0.1) is 0 Å². The van der Waals surface area contributed by atoms with Crippen molar-refractivity contribution in [3.63, 3.8) is 0 Å². The molecule has 4 aromatic carbocycles. The molecule has 0 amide bonds. The summed E-state index contributed by atoms with van der Waals surface area (Å²) in [6.07, 6.45) is -1.88. The van der Waals surface area contributed by atoms with Gasteiger partial charge in [0.2, 0.25) is 0 Å². The fraction of sp³-hybridized carbons (Fsp3) is 0.257. The molecule has 5 rings (SSSR count). The maximum absolute atomic E-state index is 11.0. The first-order chi connectivity index (χ1) is 20.8. The molecule has 8 heteroatoms. The lowest BCUT2D eigenvalue weighted by Crippen LogP contribution is -2.28. The van der Waals surface area contributed by atoms with Gasteiger partial charge in [0, 0.05) is 13.8 Å². The topological polar surface area (TPSA) is 112 Å². The van der Waals surface area contributed by atoms with Crippen LogP contribution in [0.4, 0.5) is 0 Å². The van der Waals surface area contributed by atoms with Gasteiger partial charge in [0.1, 0.15) is 50.1 Å². The van der Waals surface area contributed by atoms with E-state index in [2.05, 4.69) is 24.3 Å². The highest BCUT2D eigenvalue weighted by Crippen LogP contribution is 2.56. The molecule has 1 aliphatic carbocycles. The molecular weight excluding hydrogens is 548 g/mol. The van der Waals surface area contributed by atoms with Gasteiger partial charge in [-0.3, -0.25) is 9.59 Å². The van der Waals surface area contributed by atoms with E-state index in [4.69, 9.17) is 18.9 Å². The Hall–Kier alpha value is -4.66. The van der Waals surface area contributed by atoms with E-state index < -0.39 is 29.6 Å². The zero-order valence-corrected chi connectivity index (χ0v) is 24.1. The van der Waals surface area contributed by atoms with Crippen LogP contribution in [0, 0.1) is 0 Å². The number of aliphatic hydroxyl groups excluding tert-OH is 2. The van der Waals surface area contributed by atoms with Crippen molar-refractivity contribution in [2.24, 2.45) is 0 Å². The average molecular weight is 583 g/mol. The van der Waals surface area contributed by atoms with Crippen LogP contribution in [0.3, 0.4) is 0 Å². The fourth-order valence-electron chi connectivity index (χ4n) is 5.53. The number of aliphatic hydroxyl groups is 2. The van der Waals surface area contributed by atoms with Crippen LogP contribution in [-0.2, 0) is 24.5 Å². The molecule has 0 fully saturated rings. The summed E-state index contributed by atoms with van der Waals surface area (Å²) < 4.78 is 21.3. The van der Waals surface area contributed by atoms with Gasteiger partial charge in [-0.2, -0.15) is 0 Å². The highest BCUT2D eigenvalue weighted by Gasteiger charge is 2.45. The van der Waals surface area contributed by atoms with Crippen LogP contribution >= 0.6 is 0 Å². The molecule has 222 valence electrons. The number of fused-ring (bicyclic) bond motifs is 3. The lowest BCUT2D eigenvalue weighted by Gasteiger charge is -2.34. The van der Waals surface area contributed by atoms with E-state index in [-0.39, 0.29) is 26.4 Å². The van der Waals surface area contributed by atoms with Crippen molar-refractivity contribution in [3.05, 3.63) is 119 Å². The summed E-state index contributed by atoms with van der Waals surface area (Å²) in [7, 11) is 0. The van der Waals surface area contributed by atoms with Crippen molar-refractivity contribution in [2.45, 2.75) is 31.5 Å². The first-order valence-electron chi connectivity index (χ1n) is 14.1. The first kappa shape index (κ1) is 29.8. The summed E-state index contributed by atoms with van der Waals surface area (Å²) >= 11 is 0. The van der Waals surface area contributed by atoms with E-state index in [1.807, 2.05) is 72.8 Å². The van der Waals surface area contributed by atoms with E-state index >= 15 is 0 Å². The van der Waals surface area contributed by atoms with E-state index in [0.717, 1.165) is 33.4 Å². The van der Waals surface area contributed by atoms with Crippen molar-refractivity contribution in [3.8, 4) is 22.6 Å². The third-order valence-electron chi connectivity index (χ3n) is 7.37. The molecule has 0 aliphatic heterocycles. The second kappa shape index (κ2) is 13.1. The predicted molar refractivity (Wildman–Crippen MR) is 160 cm³/mol. The van der Waals surface area contributed by atoms with Crippen LogP contribution < -0.4 is 9.47 Å². The molecule has 0 heterocycles. The Labute approximate surface area is 250 Å². The van der Waals surface area contributed by atoms with Crippen LogP contribution in [-0.4, -0.2) is 60.8 Å². The highest BCUT2D eigenvalue weighted by atomic mass is 16.6. The number of esters is 2. The summed E-state index contributed by atoms with van der Waals surface area (Å²) in [6, 6.07) is 32.4. The van der Waals surface area contributed by atoms with Crippen molar-refractivity contribution in [1.29, 1.82) is 0 Å². The number of carbonyl (C=O) groups excluding carboxylic acids is 2. The second-order valence-electron chi connectivity index (χ2n) is 10.4. The van der Waals surface area contributed by atoms with Gasteiger partial charge in [0.15, 0.2) is 0 Å². The molecule has 8 nitrogen and oxygen atoms in total. The molecule has 43 heavy (non-hydrogen) atoms. The van der Waals surface area contributed by atoms with Crippen LogP contribution in [0.2, 0.25) is 0 Å². The van der Waals surface area contributed by atoms with Gasteiger partial charge in [-0.1, -0.05) is 72.8 Å². The van der Waals surface area contributed by atoms with Gasteiger partial charge < -0.3 is 29.2 Å². The summed E-state index contributed by atoms with van der Waals surface area (Å²) in [6.45, 7) is 2.30. The van der Waals surface area contributed by atoms with E-state index in [0.29, 0.717) is 11.5 Å². The van der Waals surface area contributed by atoms with Crippen LogP contribution in [0.5, 0.6) is 11.5 Å². The van der Waals surface area contributed by atoms with Gasteiger partial charge in [-0.05, 0) is 57.6 Å². The Morgan fingerprint density at radius 3 is 1.33 bits per heavy atom. The van der Waals surface area contributed by atoms with Crippen molar-refractivity contribution >= 4 is 11.9 Å². The Morgan fingerprint density at radius 2 is 0.953 bits per heavy atom. The third-order valence-corrected chi connectivity index (χ3v) is 7.37. The van der Waals surface area contributed by atoms with Gasteiger partial charge in [0.05, 0.1) is 5.41 Å². The van der Waals surface area contributed by atoms with Gasteiger partial charge in [0.25, 0.3) is 0 Å². The second-order valence-corrected chi connectivity index (χ2v) is 10.4. The minimum atomic E-state index is -0.938. The lowest BCUT2D eigenvalue weighted by molar-refractivity contribution is -0.145. The van der Waals surface area contributed by atoms with Gasteiger partial charge >= 0.3 is 11.9 Å². The van der Waals surface area contributed by atoms with Crippen LogP contribution in [0.25, 0.3) is 11.1 Å². The molecule has 0 aromatic heterocycles. The summed E-state index contributed by atoms with van der Waals surface area (Å²) in [4.78, 5) is 22.0. The first-order valence-corrected chi connectivity index (χ1v) is 14.1. The quantitative estimate of drug-likeness (QED) is 0.205. The number of ether oxygens (including phenoxy) is 4. The number of benzene rings is 4. The molecular formula is C35H34O8. The summed E-state index contributed by atoms with van der Waals surface area (Å²) in [5.41, 5.74) is 6.03. The summed E-state index contributed by atoms with van der Waals surface area (Å²) in [5.74, 6) is 0.248. The number of hydrogen-bond acceptors (Lipinski definition) is 8. The minimum absolute atomic E-state index is 0.0134. The smallest absolute Gasteiger partial charge is 0.302 e. The highest BCUT2D eigenvalue weighted by molar-refractivity contribution is 5.86. The Morgan fingerprint density at radius 1 is 0.581 bits per heavy atom. The Bertz CT molecular complexity index is 1440. The van der Waals surface area contributed by atoms with Crippen molar-refractivity contribution in [2.75, 3.05) is 26.4 Å². The molecule has 2 unspecified atom stereocenters. The zero-order chi connectivity index (χ0) is 30.4. The Balaban J connectivity index is 1.47. The van der Waals surface area contributed by atoms with E-state index in [1.54, 1.807) is 0 Å². The number of hydrogen-bond donors (Lipinski definition) is 2. The van der Waals surface area contributed by atoms with E-state index in [1.165, 1.54) is 13.8 Å². The molecule has 1 aliphatic rings. The standard InChI is InChI=1S/C35H34O8/c1-23(36)40-19-27(38)21-42-29-15-11-25(12-16-29)35(33-9-5-3-7-31(33)32-8-4-6-10-34(32)35)26-13-17-30(18-14-26)43-22-28(39)20-41-24(2)37/h3-18,27-28,38-39H,19-22H2,1-2H3. The third kappa shape index (κ3) is 6.40. The van der Waals surface area contributed by atoms with Crippen molar-refractivity contribution in [1.82, 2.24) is 0 Å². The molecule has 0 saturated carbocycles. The Kier molecular flexibility index (Phi) is 9.09. The normalized spacial score (nSPS) is 14.1. The predicted octanol–water partition coefficient (Wildman–Crippen LogP) is 4.66. The molecule has 0 bridgehead atoms. The zero-order valence-electron chi connectivity index (χ0n) is 24.1. The maximum Gasteiger partial charge on any atom is 0.302 e. The van der Waals surface area contributed by atoms with Crippen LogP contribution in [0.1, 0.15) is 36.1 Å². The number of carbonyl (C=O) groups is 2. The average Bonchev–Trinajstić information content (AvgIpc) is 3.32. The molecule has 0 spiro atoms. The molecule has 2 atom stereocenters. The number of rotatable bonds is 12. The fourth-order valence-corrected chi connectivity index (χ4v) is 5.53. The van der Waals surface area contributed by atoms with E-state index in [9.17, 15) is 19.8 Å².